The molecule has 1 saturated heterocycles. The van der Waals surface area contributed by atoms with E-state index in [1.165, 1.54) is 4.90 Å². The van der Waals surface area contributed by atoms with Gasteiger partial charge in [0.15, 0.2) is 6.10 Å². The van der Waals surface area contributed by atoms with Crippen LogP contribution in [0, 0.1) is 0 Å². The van der Waals surface area contributed by atoms with Gasteiger partial charge < -0.3 is 14.6 Å². The van der Waals surface area contributed by atoms with Crippen molar-refractivity contribution in [1.82, 2.24) is 19.9 Å². The maximum Gasteiger partial charge on any atom is 0.287 e. The maximum atomic E-state index is 14.6. The van der Waals surface area contributed by atoms with Crippen molar-refractivity contribution in [3.05, 3.63) is 66.6 Å². The van der Waals surface area contributed by atoms with Crippen LogP contribution in [-0.4, -0.2) is 50.9 Å². The molecule has 1 N–H and O–H groups in total. The topological polar surface area (TPSA) is 71.1 Å². The van der Waals surface area contributed by atoms with Crippen molar-refractivity contribution in [2.75, 3.05) is 13.1 Å². The lowest BCUT2D eigenvalue weighted by molar-refractivity contribution is -0.131. The minimum absolute atomic E-state index is 0.0518. The van der Waals surface area contributed by atoms with E-state index in [0.717, 1.165) is 10.9 Å². The summed E-state index contributed by atoms with van der Waals surface area (Å²) in [6.07, 6.45) is 2.84. The summed E-state index contributed by atoms with van der Waals surface area (Å²) in [5.41, 5.74) is 1.84. The molecule has 30 heavy (non-hydrogen) atoms. The van der Waals surface area contributed by atoms with Crippen LogP contribution in [0.15, 0.2) is 61.1 Å². The summed E-state index contributed by atoms with van der Waals surface area (Å²) < 4.78 is 34.8. The first kappa shape index (κ1) is 18.5. The lowest BCUT2D eigenvalue weighted by atomic mass is 10.0. The molecule has 0 radical (unpaired) electrons. The number of carbonyl (C=O) groups is 1. The molecule has 1 amide bonds. The molecular formula is C22H18F2N4O2. The first-order chi connectivity index (χ1) is 14.5. The van der Waals surface area contributed by atoms with Gasteiger partial charge in [-0.15, -0.1) is 0 Å². The Morgan fingerprint density at radius 1 is 1.20 bits per heavy atom. The third kappa shape index (κ3) is 3.24. The zero-order chi connectivity index (χ0) is 20.7. The third-order valence-corrected chi connectivity index (χ3v) is 5.41. The van der Waals surface area contributed by atoms with E-state index >= 15 is 0 Å². The van der Waals surface area contributed by atoms with Crippen LogP contribution in [0.4, 0.5) is 8.78 Å². The number of halogens is 2. The Labute approximate surface area is 170 Å². The SMILES string of the molecule is O=C(c1c[nH]c2ccncc12)N1CCC(F)(F)[C@@H](Oc2ccc3ccccc3n2)C1. The number of fused-ring (bicyclic) bond motifs is 2. The average Bonchev–Trinajstić information content (AvgIpc) is 3.19. The molecule has 152 valence electrons. The van der Waals surface area contributed by atoms with Crippen molar-refractivity contribution in [3.8, 4) is 5.88 Å². The molecule has 0 saturated carbocycles. The number of carbonyl (C=O) groups excluding carboxylic acids is 1. The molecule has 1 atom stereocenters. The Hall–Kier alpha value is -3.55. The quantitative estimate of drug-likeness (QED) is 0.555. The molecule has 8 heteroatoms. The molecule has 1 fully saturated rings. The number of rotatable bonds is 3. The molecule has 3 aromatic heterocycles. The van der Waals surface area contributed by atoms with Crippen LogP contribution in [0.3, 0.4) is 0 Å². The van der Waals surface area contributed by atoms with Crippen LogP contribution in [-0.2, 0) is 0 Å². The fourth-order valence-corrected chi connectivity index (χ4v) is 3.75. The molecular weight excluding hydrogens is 390 g/mol. The number of nitrogens with zero attached hydrogens (tertiary/aromatic N) is 3. The van der Waals surface area contributed by atoms with Gasteiger partial charge in [-0.25, -0.2) is 13.8 Å². The summed E-state index contributed by atoms with van der Waals surface area (Å²) in [6, 6.07) is 12.5. The summed E-state index contributed by atoms with van der Waals surface area (Å²) in [6.45, 7) is -0.281. The van der Waals surface area contributed by atoms with E-state index in [4.69, 9.17) is 4.74 Å². The van der Waals surface area contributed by atoms with Crippen molar-refractivity contribution in [1.29, 1.82) is 0 Å². The molecule has 0 unspecified atom stereocenters. The second kappa shape index (κ2) is 7.05. The molecule has 1 aliphatic heterocycles. The molecule has 0 spiro atoms. The van der Waals surface area contributed by atoms with Crippen LogP contribution in [0.25, 0.3) is 21.8 Å². The minimum Gasteiger partial charge on any atom is -0.466 e. The van der Waals surface area contributed by atoms with Gasteiger partial charge in [0.2, 0.25) is 5.88 Å². The molecule has 4 heterocycles. The summed E-state index contributed by atoms with van der Waals surface area (Å²) in [7, 11) is 0. The molecule has 5 rings (SSSR count). The van der Waals surface area contributed by atoms with E-state index in [1.54, 1.807) is 42.9 Å². The highest BCUT2D eigenvalue weighted by Crippen LogP contribution is 2.33. The van der Waals surface area contributed by atoms with E-state index in [1.807, 2.05) is 18.2 Å². The van der Waals surface area contributed by atoms with Gasteiger partial charge in [-0.1, -0.05) is 18.2 Å². The Balaban J connectivity index is 1.39. The highest BCUT2D eigenvalue weighted by molar-refractivity contribution is 6.06. The Morgan fingerprint density at radius 3 is 2.97 bits per heavy atom. The fraction of sp³-hybridized carbons (Fsp3) is 0.227. The highest BCUT2D eigenvalue weighted by Gasteiger charge is 2.47. The second-order valence-corrected chi connectivity index (χ2v) is 7.33. The predicted octanol–water partition coefficient (Wildman–Crippen LogP) is 4.04. The number of pyridine rings is 2. The predicted molar refractivity (Wildman–Crippen MR) is 108 cm³/mol. The number of hydrogen-bond acceptors (Lipinski definition) is 4. The van der Waals surface area contributed by atoms with Gasteiger partial charge in [0.25, 0.3) is 11.8 Å². The Kier molecular flexibility index (Phi) is 4.34. The first-order valence-corrected chi connectivity index (χ1v) is 9.62. The van der Waals surface area contributed by atoms with Gasteiger partial charge in [0.05, 0.1) is 17.6 Å². The number of hydrogen-bond donors (Lipinski definition) is 1. The number of likely N-dealkylation sites (tertiary alicyclic amines) is 1. The van der Waals surface area contributed by atoms with E-state index in [2.05, 4.69) is 15.0 Å². The highest BCUT2D eigenvalue weighted by atomic mass is 19.3. The molecule has 6 nitrogen and oxygen atoms in total. The number of aromatic amines is 1. The smallest absolute Gasteiger partial charge is 0.287 e. The van der Waals surface area contributed by atoms with Crippen molar-refractivity contribution < 1.29 is 18.3 Å². The number of piperidine rings is 1. The number of ether oxygens (including phenoxy) is 1. The number of nitrogens with one attached hydrogen (secondary N) is 1. The Morgan fingerprint density at radius 2 is 2.07 bits per heavy atom. The largest absolute Gasteiger partial charge is 0.466 e. The lowest BCUT2D eigenvalue weighted by Gasteiger charge is -2.37. The fourth-order valence-electron chi connectivity index (χ4n) is 3.75. The first-order valence-electron chi connectivity index (χ1n) is 9.62. The Bertz CT molecular complexity index is 1240. The van der Waals surface area contributed by atoms with Crippen molar-refractivity contribution in [2.45, 2.75) is 18.4 Å². The number of benzene rings is 1. The molecule has 1 aliphatic rings. The third-order valence-electron chi connectivity index (χ3n) is 5.41. The van der Waals surface area contributed by atoms with Crippen LogP contribution < -0.4 is 4.74 Å². The van der Waals surface area contributed by atoms with Gasteiger partial charge in [-0.2, -0.15) is 0 Å². The normalized spacial score (nSPS) is 18.6. The van der Waals surface area contributed by atoms with E-state index in [0.29, 0.717) is 16.5 Å². The summed E-state index contributed by atoms with van der Waals surface area (Å²) in [4.78, 5) is 25.8. The number of H-pyrrole nitrogens is 1. The summed E-state index contributed by atoms with van der Waals surface area (Å²) >= 11 is 0. The van der Waals surface area contributed by atoms with E-state index in [-0.39, 0.29) is 24.9 Å². The van der Waals surface area contributed by atoms with Gasteiger partial charge in [0, 0.05) is 53.9 Å². The van der Waals surface area contributed by atoms with Crippen LogP contribution >= 0.6 is 0 Å². The molecule has 1 aromatic carbocycles. The van der Waals surface area contributed by atoms with Crippen LogP contribution in [0.2, 0.25) is 0 Å². The zero-order valence-electron chi connectivity index (χ0n) is 15.9. The standard InChI is InChI=1S/C22H18F2N4O2/c23-22(24)8-10-28(21(29)16-12-26-18-7-9-25-11-15(16)18)13-19(22)30-20-6-5-14-3-1-2-4-17(14)27-20/h1-7,9,11-12,19,26H,8,10,13H2/t19-/m0/s1. The number of para-hydroxylation sites is 1. The average molecular weight is 408 g/mol. The second-order valence-electron chi connectivity index (χ2n) is 7.33. The van der Waals surface area contributed by atoms with E-state index < -0.39 is 18.4 Å². The van der Waals surface area contributed by atoms with Crippen LogP contribution in [0.1, 0.15) is 16.8 Å². The van der Waals surface area contributed by atoms with Gasteiger partial charge in [-0.3, -0.25) is 9.78 Å². The number of alkyl halides is 2. The van der Waals surface area contributed by atoms with Crippen molar-refractivity contribution in [2.24, 2.45) is 0 Å². The van der Waals surface area contributed by atoms with E-state index in [9.17, 15) is 13.6 Å². The maximum absolute atomic E-state index is 14.6. The van der Waals surface area contributed by atoms with Gasteiger partial charge >= 0.3 is 0 Å². The summed E-state index contributed by atoms with van der Waals surface area (Å²) in [5.74, 6) is -3.28. The zero-order valence-corrected chi connectivity index (χ0v) is 15.9. The van der Waals surface area contributed by atoms with Crippen molar-refractivity contribution >= 4 is 27.7 Å². The van der Waals surface area contributed by atoms with Crippen molar-refractivity contribution in [3.63, 3.8) is 0 Å². The molecule has 0 aliphatic carbocycles. The number of aromatic nitrogens is 3. The summed E-state index contributed by atoms with van der Waals surface area (Å²) in [5, 5.41) is 1.55. The number of amides is 1. The van der Waals surface area contributed by atoms with Gasteiger partial charge in [0.1, 0.15) is 0 Å². The molecule has 4 aromatic rings. The van der Waals surface area contributed by atoms with Crippen LogP contribution in [0.5, 0.6) is 5.88 Å². The van der Waals surface area contributed by atoms with Gasteiger partial charge in [-0.05, 0) is 18.2 Å². The lowest BCUT2D eigenvalue weighted by Crippen LogP contribution is -2.55. The molecule has 0 bridgehead atoms. The minimum atomic E-state index is -3.06. The monoisotopic (exact) mass is 408 g/mol.